The summed E-state index contributed by atoms with van der Waals surface area (Å²) >= 11 is 0. The maximum atomic E-state index is 5.18. The third-order valence-electron chi connectivity index (χ3n) is 2.93. The zero-order valence-electron chi connectivity index (χ0n) is 11.5. The molecule has 4 heteroatoms. The lowest BCUT2D eigenvalue weighted by molar-refractivity contribution is 0.373. The van der Waals surface area contributed by atoms with E-state index in [4.69, 9.17) is 4.74 Å². The van der Waals surface area contributed by atoms with Crippen molar-refractivity contribution in [3.05, 3.63) is 6.07 Å². The van der Waals surface area contributed by atoms with Crippen molar-refractivity contribution in [3.8, 4) is 5.88 Å². The molecular weight excluding hydrogens is 214 g/mol. The minimum absolute atomic E-state index is 0.464. The first-order valence-electron chi connectivity index (χ1n) is 6.52. The number of rotatable bonds is 8. The van der Waals surface area contributed by atoms with Gasteiger partial charge in [0.2, 0.25) is 5.88 Å². The fraction of sp³-hybridized carbons (Fsp3) is 0.769. The fourth-order valence-corrected chi connectivity index (χ4v) is 1.91. The Kier molecular flexibility index (Phi) is 5.87. The Balaban J connectivity index is 2.31. The molecule has 0 saturated heterocycles. The highest BCUT2D eigenvalue weighted by Gasteiger charge is 2.07. The van der Waals surface area contributed by atoms with Crippen molar-refractivity contribution in [2.45, 2.75) is 52.0 Å². The normalized spacial score (nSPS) is 12.5. The summed E-state index contributed by atoms with van der Waals surface area (Å²) in [6, 6.07) is 2.40. The van der Waals surface area contributed by atoms with Crippen LogP contribution in [-0.4, -0.2) is 22.9 Å². The molecule has 0 amide bonds. The second-order valence-corrected chi connectivity index (χ2v) is 4.59. The quantitative estimate of drug-likeness (QED) is 0.708. The monoisotopic (exact) mass is 239 g/mol. The molecule has 17 heavy (non-hydrogen) atoms. The molecule has 1 aromatic heterocycles. The van der Waals surface area contributed by atoms with Gasteiger partial charge in [0.05, 0.1) is 7.11 Å². The van der Waals surface area contributed by atoms with Gasteiger partial charge in [-0.15, -0.1) is 0 Å². The highest BCUT2D eigenvalue weighted by molar-refractivity contribution is 5.39. The van der Waals surface area contributed by atoms with E-state index in [1.807, 2.05) is 13.1 Å². The number of unbranched alkanes of at least 4 members (excludes halogenated alkanes) is 3. The molecule has 0 saturated carbocycles. The zero-order chi connectivity index (χ0) is 12.7. The van der Waals surface area contributed by atoms with E-state index in [-0.39, 0.29) is 0 Å². The number of aromatic nitrogens is 2. The van der Waals surface area contributed by atoms with Crippen LogP contribution in [0.2, 0.25) is 0 Å². The lowest BCUT2D eigenvalue weighted by Gasteiger charge is -2.12. The van der Waals surface area contributed by atoms with Gasteiger partial charge in [0.15, 0.2) is 5.82 Å². The highest BCUT2D eigenvalue weighted by Crippen LogP contribution is 2.17. The van der Waals surface area contributed by atoms with Gasteiger partial charge in [-0.25, -0.2) is 4.68 Å². The number of nitrogens with zero attached hydrogens (tertiary/aromatic N) is 2. The van der Waals surface area contributed by atoms with E-state index in [0.717, 1.165) is 11.7 Å². The van der Waals surface area contributed by atoms with Crippen LogP contribution >= 0.6 is 0 Å². The van der Waals surface area contributed by atoms with Gasteiger partial charge in [0.1, 0.15) is 0 Å². The largest absolute Gasteiger partial charge is 0.481 e. The van der Waals surface area contributed by atoms with Crippen molar-refractivity contribution in [1.29, 1.82) is 0 Å². The molecule has 1 atom stereocenters. The van der Waals surface area contributed by atoms with Crippen LogP contribution < -0.4 is 10.1 Å². The molecule has 0 aliphatic carbocycles. The molecule has 0 bridgehead atoms. The average molecular weight is 239 g/mol. The zero-order valence-corrected chi connectivity index (χ0v) is 11.5. The number of hydrogen-bond donors (Lipinski definition) is 1. The summed E-state index contributed by atoms with van der Waals surface area (Å²) in [4.78, 5) is 0. The summed E-state index contributed by atoms with van der Waals surface area (Å²) in [7, 11) is 3.55. The van der Waals surface area contributed by atoms with Crippen LogP contribution in [0.1, 0.15) is 46.0 Å². The van der Waals surface area contributed by atoms with Gasteiger partial charge in [0, 0.05) is 19.2 Å². The molecular formula is C13H25N3O. The SMILES string of the molecule is CCCCCCC(C)Nc1cc(OC)n(C)n1. The van der Waals surface area contributed by atoms with Crippen molar-refractivity contribution in [2.24, 2.45) is 7.05 Å². The Bertz CT molecular complexity index is 322. The Labute approximate surface area is 104 Å². The van der Waals surface area contributed by atoms with Crippen LogP contribution in [-0.2, 0) is 7.05 Å². The Morgan fingerprint density at radius 1 is 1.41 bits per heavy atom. The predicted molar refractivity (Wildman–Crippen MR) is 71.6 cm³/mol. The summed E-state index contributed by atoms with van der Waals surface area (Å²) in [5.74, 6) is 1.68. The van der Waals surface area contributed by atoms with Crippen molar-refractivity contribution < 1.29 is 4.74 Å². The van der Waals surface area contributed by atoms with Crippen LogP contribution in [0.5, 0.6) is 5.88 Å². The summed E-state index contributed by atoms with van der Waals surface area (Å²) in [5.41, 5.74) is 0. The lowest BCUT2D eigenvalue weighted by Crippen LogP contribution is -2.15. The number of methoxy groups -OCH3 is 1. The Morgan fingerprint density at radius 2 is 2.18 bits per heavy atom. The van der Waals surface area contributed by atoms with Gasteiger partial charge in [-0.05, 0) is 13.3 Å². The van der Waals surface area contributed by atoms with Crippen molar-refractivity contribution in [2.75, 3.05) is 12.4 Å². The van der Waals surface area contributed by atoms with Gasteiger partial charge < -0.3 is 10.1 Å². The Hall–Kier alpha value is -1.19. The van der Waals surface area contributed by atoms with Crippen LogP contribution in [0.25, 0.3) is 0 Å². The topological polar surface area (TPSA) is 39.1 Å². The summed E-state index contributed by atoms with van der Waals surface area (Å²) in [5, 5.41) is 7.75. The van der Waals surface area contributed by atoms with Crippen LogP contribution in [0, 0.1) is 0 Å². The third kappa shape index (κ3) is 4.67. The van der Waals surface area contributed by atoms with Crippen LogP contribution in [0.3, 0.4) is 0 Å². The third-order valence-corrected chi connectivity index (χ3v) is 2.93. The number of nitrogens with one attached hydrogen (secondary N) is 1. The molecule has 1 unspecified atom stereocenters. The van der Waals surface area contributed by atoms with E-state index in [1.165, 1.54) is 32.1 Å². The summed E-state index contributed by atoms with van der Waals surface area (Å²) < 4.78 is 6.92. The summed E-state index contributed by atoms with van der Waals surface area (Å²) in [6.45, 7) is 4.44. The van der Waals surface area contributed by atoms with E-state index >= 15 is 0 Å². The first-order valence-corrected chi connectivity index (χ1v) is 6.52. The van der Waals surface area contributed by atoms with E-state index in [1.54, 1.807) is 11.8 Å². The molecule has 0 radical (unpaired) electrons. The second kappa shape index (κ2) is 7.20. The standard InChI is InChI=1S/C13H25N3O/c1-5-6-7-8-9-11(2)14-12-10-13(17-4)16(3)15-12/h10-11H,5-9H2,1-4H3,(H,14,15). The van der Waals surface area contributed by atoms with E-state index in [2.05, 4.69) is 24.3 Å². The molecule has 0 spiro atoms. The molecule has 1 heterocycles. The number of anilines is 1. The first kappa shape index (κ1) is 13.9. The van der Waals surface area contributed by atoms with E-state index in [9.17, 15) is 0 Å². The molecule has 1 rings (SSSR count). The highest BCUT2D eigenvalue weighted by atomic mass is 16.5. The lowest BCUT2D eigenvalue weighted by atomic mass is 10.1. The molecule has 0 aromatic carbocycles. The molecule has 0 aliphatic heterocycles. The minimum Gasteiger partial charge on any atom is -0.481 e. The average Bonchev–Trinajstić information content (AvgIpc) is 2.65. The van der Waals surface area contributed by atoms with Crippen molar-refractivity contribution in [3.63, 3.8) is 0 Å². The number of ether oxygens (including phenoxy) is 1. The Morgan fingerprint density at radius 3 is 2.76 bits per heavy atom. The van der Waals surface area contributed by atoms with Gasteiger partial charge in [-0.2, -0.15) is 5.10 Å². The molecule has 0 fully saturated rings. The molecule has 1 aromatic rings. The van der Waals surface area contributed by atoms with E-state index in [0.29, 0.717) is 6.04 Å². The molecule has 1 N–H and O–H groups in total. The second-order valence-electron chi connectivity index (χ2n) is 4.59. The fourth-order valence-electron chi connectivity index (χ4n) is 1.91. The van der Waals surface area contributed by atoms with E-state index < -0.39 is 0 Å². The van der Waals surface area contributed by atoms with Gasteiger partial charge >= 0.3 is 0 Å². The molecule has 0 aliphatic rings. The van der Waals surface area contributed by atoms with Gasteiger partial charge in [-0.3, -0.25) is 0 Å². The summed E-state index contributed by atoms with van der Waals surface area (Å²) in [6.07, 6.45) is 6.43. The van der Waals surface area contributed by atoms with Crippen LogP contribution in [0.4, 0.5) is 5.82 Å². The smallest absolute Gasteiger partial charge is 0.213 e. The first-order chi connectivity index (χ1) is 8.17. The predicted octanol–water partition coefficient (Wildman–Crippen LogP) is 3.20. The number of aryl methyl sites for hydroxylation is 1. The van der Waals surface area contributed by atoms with Gasteiger partial charge in [0.25, 0.3) is 0 Å². The molecule has 98 valence electrons. The van der Waals surface area contributed by atoms with Crippen molar-refractivity contribution >= 4 is 5.82 Å². The van der Waals surface area contributed by atoms with Gasteiger partial charge in [-0.1, -0.05) is 32.6 Å². The minimum atomic E-state index is 0.464. The maximum Gasteiger partial charge on any atom is 0.213 e. The van der Waals surface area contributed by atoms with Crippen LogP contribution in [0.15, 0.2) is 6.07 Å². The number of hydrogen-bond acceptors (Lipinski definition) is 3. The molecule has 4 nitrogen and oxygen atoms in total. The maximum absolute atomic E-state index is 5.18. The van der Waals surface area contributed by atoms with Crippen molar-refractivity contribution in [1.82, 2.24) is 9.78 Å².